The smallest absolute Gasteiger partial charge is 0.0798 e. The maximum Gasteiger partial charge on any atom is 0.0798 e. The third kappa shape index (κ3) is 3.55. The molecule has 0 aliphatic heterocycles. The standard InChI is InChI=1S/C11H20N2OS/c1-5-11(4,14)6-12-8(2)10-9(3)13-7-15-10/h7-8,12,14H,5-6H2,1-4H3. The Hall–Kier alpha value is -0.450. The topological polar surface area (TPSA) is 45.1 Å². The van der Waals surface area contributed by atoms with Crippen molar-refractivity contribution in [3.05, 3.63) is 16.1 Å². The quantitative estimate of drug-likeness (QED) is 0.812. The fraction of sp³-hybridized carbons (Fsp3) is 0.727. The first-order chi connectivity index (χ1) is 6.96. The molecule has 0 fully saturated rings. The predicted molar refractivity (Wildman–Crippen MR) is 64.2 cm³/mol. The van der Waals surface area contributed by atoms with E-state index in [4.69, 9.17) is 0 Å². The summed E-state index contributed by atoms with van der Waals surface area (Å²) < 4.78 is 0. The average molecular weight is 228 g/mol. The Balaban J connectivity index is 2.50. The van der Waals surface area contributed by atoms with Gasteiger partial charge in [0, 0.05) is 17.5 Å². The molecule has 1 aromatic heterocycles. The number of hydrogen-bond acceptors (Lipinski definition) is 4. The first-order valence-electron chi connectivity index (χ1n) is 5.32. The first-order valence-corrected chi connectivity index (χ1v) is 6.20. The minimum absolute atomic E-state index is 0.260. The summed E-state index contributed by atoms with van der Waals surface area (Å²) in [4.78, 5) is 5.47. The largest absolute Gasteiger partial charge is 0.389 e. The first kappa shape index (κ1) is 12.6. The summed E-state index contributed by atoms with van der Waals surface area (Å²) in [6.45, 7) is 8.58. The Morgan fingerprint density at radius 3 is 2.80 bits per heavy atom. The van der Waals surface area contributed by atoms with E-state index in [1.807, 2.05) is 26.3 Å². The number of aromatic nitrogens is 1. The van der Waals surface area contributed by atoms with Crippen molar-refractivity contribution in [2.24, 2.45) is 0 Å². The number of hydrogen-bond donors (Lipinski definition) is 2. The lowest BCUT2D eigenvalue weighted by molar-refractivity contribution is 0.0534. The molecule has 0 radical (unpaired) electrons. The zero-order chi connectivity index (χ0) is 11.5. The van der Waals surface area contributed by atoms with Gasteiger partial charge in [-0.1, -0.05) is 6.92 Å². The average Bonchev–Trinajstić information content (AvgIpc) is 2.61. The van der Waals surface area contributed by atoms with Crippen LogP contribution >= 0.6 is 11.3 Å². The molecule has 86 valence electrons. The molecule has 1 heterocycles. The van der Waals surface area contributed by atoms with Crippen LogP contribution in [0, 0.1) is 6.92 Å². The highest BCUT2D eigenvalue weighted by atomic mass is 32.1. The SMILES string of the molecule is CCC(C)(O)CNC(C)c1scnc1C. The molecule has 0 spiro atoms. The van der Waals surface area contributed by atoms with E-state index >= 15 is 0 Å². The fourth-order valence-corrected chi connectivity index (χ4v) is 2.15. The van der Waals surface area contributed by atoms with Gasteiger partial charge in [0.05, 0.1) is 16.8 Å². The Bertz CT molecular complexity index is 309. The fourth-order valence-electron chi connectivity index (χ4n) is 1.32. The van der Waals surface area contributed by atoms with Crippen molar-refractivity contribution in [2.75, 3.05) is 6.54 Å². The van der Waals surface area contributed by atoms with E-state index in [-0.39, 0.29) is 6.04 Å². The van der Waals surface area contributed by atoms with Gasteiger partial charge >= 0.3 is 0 Å². The van der Waals surface area contributed by atoms with E-state index in [0.717, 1.165) is 12.1 Å². The summed E-state index contributed by atoms with van der Waals surface area (Å²) in [5.74, 6) is 0. The van der Waals surface area contributed by atoms with Crippen molar-refractivity contribution in [3.63, 3.8) is 0 Å². The maximum atomic E-state index is 9.86. The molecule has 2 N–H and O–H groups in total. The van der Waals surface area contributed by atoms with Crippen LogP contribution in [0.1, 0.15) is 43.8 Å². The Morgan fingerprint density at radius 2 is 2.33 bits per heavy atom. The molecule has 0 aliphatic carbocycles. The van der Waals surface area contributed by atoms with Gasteiger partial charge in [-0.3, -0.25) is 0 Å². The van der Waals surface area contributed by atoms with Crippen LogP contribution in [-0.2, 0) is 0 Å². The monoisotopic (exact) mass is 228 g/mol. The highest BCUT2D eigenvalue weighted by Gasteiger charge is 2.19. The number of aryl methyl sites for hydroxylation is 1. The summed E-state index contributed by atoms with van der Waals surface area (Å²) in [5.41, 5.74) is 2.32. The van der Waals surface area contributed by atoms with Crippen LogP contribution in [-0.4, -0.2) is 22.2 Å². The van der Waals surface area contributed by atoms with Gasteiger partial charge in [-0.25, -0.2) is 4.98 Å². The van der Waals surface area contributed by atoms with Crippen molar-refractivity contribution in [1.82, 2.24) is 10.3 Å². The van der Waals surface area contributed by atoms with Crippen molar-refractivity contribution in [2.45, 2.75) is 45.8 Å². The molecule has 0 amide bonds. The molecule has 2 unspecified atom stereocenters. The Labute approximate surface area is 95.6 Å². The van der Waals surface area contributed by atoms with E-state index in [2.05, 4.69) is 17.2 Å². The molecule has 0 bridgehead atoms. The molecule has 0 saturated carbocycles. The number of rotatable bonds is 5. The minimum atomic E-state index is -0.618. The van der Waals surface area contributed by atoms with E-state index in [1.165, 1.54) is 4.88 Å². The zero-order valence-electron chi connectivity index (χ0n) is 9.87. The maximum absolute atomic E-state index is 9.86. The molecule has 1 aromatic rings. The molecule has 1 rings (SSSR count). The summed E-state index contributed by atoms with van der Waals surface area (Å²) in [7, 11) is 0. The third-order valence-electron chi connectivity index (χ3n) is 2.73. The molecule has 0 aliphatic rings. The number of thiazole rings is 1. The van der Waals surface area contributed by atoms with Crippen LogP contribution in [0.4, 0.5) is 0 Å². The zero-order valence-corrected chi connectivity index (χ0v) is 10.7. The Kier molecular flexibility index (Phi) is 4.25. The van der Waals surface area contributed by atoms with E-state index in [1.54, 1.807) is 11.3 Å². The van der Waals surface area contributed by atoms with Gasteiger partial charge in [-0.05, 0) is 27.2 Å². The molecule has 0 aromatic carbocycles. The second kappa shape index (κ2) is 5.05. The normalized spacial score (nSPS) is 17.4. The van der Waals surface area contributed by atoms with E-state index in [9.17, 15) is 5.11 Å². The second-order valence-corrected chi connectivity index (χ2v) is 5.14. The number of nitrogens with zero attached hydrogens (tertiary/aromatic N) is 1. The van der Waals surface area contributed by atoms with Crippen molar-refractivity contribution < 1.29 is 5.11 Å². The second-order valence-electron chi connectivity index (χ2n) is 4.26. The molecule has 4 heteroatoms. The van der Waals surface area contributed by atoms with Crippen molar-refractivity contribution in [1.29, 1.82) is 0 Å². The van der Waals surface area contributed by atoms with Crippen molar-refractivity contribution in [3.8, 4) is 0 Å². The van der Waals surface area contributed by atoms with Gasteiger partial charge in [0.2, 0.25) is 0 Å². The van der Waals surface area contributed by atoms with Gasteiger partial charge in [-0.15, -0.1) is 11.3 Å². The highest BCUT2D eigenvalue weighted by Crippen LogP contribution is 2.21. The van der Waals surface area contributed by atoms with Crippen LogP contribution in [0.2, 0.25) is 0 Å². The lowest BCUT2D eigenvalue weighted by Crippen LogP contribution is -2.38. The summed E-state index contributed by atoms with van der Waals surface area (Å²) in [6, 6.07) is 0.260. The van der Waals surface area contributed by atoms with E-state index < -0.39 is 5.60 Å². The summed E-state index contributed by atoms with van der Waals surface area (Å²) in [5, 5.41) is 13.2. The highest BCUT2D eigenvalue weighted by molar-refractivity contribution is 7.09. The van der Waals surface area contributed by atoms with Crippen LogP contribution in [0.15, 0.2) is 5.51 Å². The van der Waals surface area contributed by atoms with Crippen LogP contribution in [0.5, 0.6) is 0 Å². The van der Waals surface area contributed by atoms with Crippen LogP contribution < -0.4 is 5.32 Å². The summed E-state index contributed by atoms with van der Waals surface area (Å²) >= 11 is 1.66. The van der Waals surface area contributed by atoms with Crippen molar-refractivity contribution >= 4 is 11.3 Å². The summed E-state index contributed by atoms with van der Waals surface area (Å²) in [6.07, 6.45) is 0.758. The third-order valence-corrected chi connectivity index (χ3v) is 3.84. The van der Waals surface area contributed by atoms with Gasteiger partial charge < -0.3 is 10.4 Å². The molecule has 15 heavy (non-hydrogen) atoms. The van der Waals surface area contributed by atoms with Gasteiger partial charge in [0.15, 0.2) is 0 Å². The number of aliphatic hydroxyl groups is 1. The minimum Gasteiger partial charge on any atom is -0.389 e. The lowest BCUT2D eigenvalue weighted by atomic mass is 10.0. The van der Waals surface area contributed by atoms with Crippen LogP contribution in [0.25, 0.3) is 0 Å². The van der Waals surface area contributed by atoms with Gasteiger partial charge in [0.25, 0.3) is 0 Å². The van der Waals surface area contributed by atoms with Gasteiger partial charge in [-0.2, -0.15) is 0 Å². The molecule has 0 saturated heterocycles. The van der Waals surface area contributed by atoms with E-state index in [0.29, 0.717) is 6.54 Å². The number of nitrogens with one attached hydrogen (secondary N) is 1. The van der Waals surface area contributed by atoms with Gasteiger partial charge in [0.1, 0.15) is 0 Å². The van der Waals surface area contributed by atoms with Crippen LogP contribution in [0.3, 0.4) is 0 Å². The predicted octanol–water partition coefficient (Wildman–Crippen LogP) is 2.26. The molecule has 3 nitrogen and oxygen atoms in total. The lowest BCUT2D eigenvalue weighted by Gasteiger charge is -2.24. The molecular formula is C11H20N2OS. The molecule has 2 atom stereocenters. The molecular weight excluding hydrogens is 208 g/mol. The Morgan fingerprint density at radius 1 is 1.67 bits per heavy atom.